The Hall–Kier alpha value is -0.930. The number of methoxy groups -OCH3 is 1. The van der Waals surface area contributed by atoms with Crippen molar-refractivity contribution in [2.45, 2.75) is 38.1 Å². The van der Waals surface area contributed by atoms with Crippen molar-refractivity contribution < 1.29 is 9.47 Å². The van der Waals surface area contributed by atoms with E-state index in [1.807, 2.05) is 6.07 Å². The van der Waals surface area contributed by atoms with Crippen LogP contribution in [0.3, 0.4) is 0 Å². The van der Waals surface area contributed by atoms with Gasteiger partial charge in [-0.15, -0.1) is 12.4 Å². The minimum Gasteiger partial charge on any atom is -0.493 e. The SMILES string of the molecule is CCCN1CCC[C@@H]2c3cccc(OC)c3OC[C@H]21.Cl. The van der Waals surface area contributed by atoms with E-state index in [-0.39, 0.29) is 12.4 Å². The molecule has 0 amide bonds. The van der Waals surface area contributed by atoms with Gasteiger partial charge in [-0.1, -0.05) is 19.1 Å². The summed E-state index contributed by atoms with van der Waals surface area (Å²) in [6, 6.07) is 6.84. The van der Waals surface area contributed by atoms with Crippen LogP contribution < -0.4 is 9.47 Å². The molecule has 0 unspecified atom stereocenters. The van der Waals surface area contributed by atoms with E-state index in [1.165, 1.54) is 37.9 Å². The molecule has 2 heterocycles. The van der Waals surface area contributed by atoms with Crippen molar-refractivity contribution in [1.82, 2.24) is 4.90 Å². The zero-order valence-electron chi connectivity index (χ0n) is 12.3. The maximum Gasteiger partial charge on any atom is 0.164 e. The highest BCUT2D eigenvalue weighted by Crippen LogP contribution is 2.45. The van der Waals surface area contributed by atoms with Crippen LogP contribution in [0, 0.1) is 0 Å². The van der Waals surface area contributed by atoms with Gasteiger partial charge in [-0.05, 0) is 38.4 Å². The van der Waals surface area contributed by atoms with Crippen molar-refractivity contribution in [1.29, 1.82) is 0 Å². The highest BCUT2D eigenvalue weighted by molar-refractivity contribution is 5.85. The molecule has 1 aromatic carbocycles. The zero-order valence-corrected chi connectivity index (χ0v) is 13.1. The van der Waals surface area contributed by atoms with Gasteiger partial charge < -0.3 is 9.47 Å². The first kappa shape index (κ1) is 15.5. The smallest absolute Gasteiger partial charge is 0.164 e. The number of rotatable bonds is 3. The maximum atomic E-state index is 6.02. The van der Waals surface area contributed by atoms with Gasteiger partial charge in [-0.2, -0.15) is 0 Å². The number of para-hydroxylation sites is 1. The topological polar surface area (TPSA) is 21.7 Å². The van der Waals surface area contributed by atoms with Crippen molar-refractivity contribution in [2.24, 2.45) is 0 Å². The average molecular weight is 298 g/mol. The number of piperidine rings is 1. The van der Waals surface area contributed by atoms with Gasteiger partial charge in [0.05, 0.1) is 13.2 Å². The molecule has 2 aliphatic rings. The first-order valence-electron chi connectivity index (χ1n) is 7.39. The van der Waals surface area contributed by atoms with Crippen LogP contribution in [0.5, 0.6) is 11.5 Å². The molecule has 3 rings (SSSR count). The summed E-state index contributed by atoms with van der Waals surface area (Å²) in [5.74, 6) is 2.47. The first-order chi connectivity index (χ1) is 9.35. The van der Waals surface area contributed by atoms with Crippen molar-refractivity contribution in [2.75, 3.05) is 26.8 Å². The highest BCUT2D eigenvalue weighted by Gasteiger charge is 2.38. The molecule has 2 aliphatic heterocycles. The van der Waals surface area contributed by atoms with Crippen molar-refractivity contribution in [3.8, 4) is 11.5 Å². The molecule has 0 radical (unpaired) electrons. The number of fused-ring (bicyclic) bond motifs is 3. The summed E-state index contributed by atoms with van der Waals surface area (Å²) < 4.78 is 11.5. The maximum absolute atomic E-state index is 6.02. The van der Waals surface area contributed by atoms with Crippen LogP contribution in [0.2, 0.25) is 0 Å². The lowest BCUT2D eigenvalue weighted by atomic mass is 9.81. The molecule has 1 saturated heterocycles. The molecule has 1 aromatic rings. The van der Waals surface area contributed by atoms with Gasteiger partial charge in [0.25, 0.3) is 0 Å². The second-order valence-electron chi connectivity index (χ2n) is 5.54. The number of likely N-dealkylation sites (tertiary alicyclic amines) is 1. The molecule has 1 fully saturated rings. The molecule has 0 N–H and O–H groups in total. The van der Waals surface area contributed by atoms with Gasteiger partial charge >= 0.3 is 0 Å². The van der Waals surface area contributed by atoms with Crippen LogP contribution in [-0.2, 0) is 0 Å². The van der Waals surface area contributed by atoms with Crippen LogP contribution in [-0.4, -0.2) is 37.7 Å². The van der Waals surface area contributed by atoms with Crippen LogP contribution >= 0.6 is 12.4 Å². The minimum absolute atomic E-state index is 0. The van der Waals surface area contributed by atoms with Gasteiger partial charge in [0.1, 0.15) is 6.61 Å². The lowest BCUT2D eigenvalue weighted by Crippen LogP contribution is -2.49. The third-order valence-corrected chi connectivity index (χ3v) is 4.43. The molecule has 112 valence electrons. The Kier molecular flexibility index (Phi) is 5.17. The lowest BCUT2D eigenvalue weighted by molar-refractivity contribution is 0.0643. The normalized spacial score (nSPS) is 24.9. The molecule has 3 nitrogen and oxygen atoms in total. The van der Waals surface area contributed by atoms with Gasteiger partial charge in [0.2, 0.25) is 0 Å². The second kappa shape index (κ2) is 6.68. The number of hydrogen-bond donors (Lipinski definition) is 0. The Morgan fingerprint density at radius 3 is 3.00 bits per heavy atom. The minimum atomic E-state index is 0. The van der Waals surface area contributed by atoms with Crippen molar-refractivity contribution >= 4 is 12.4 Å². The Balaban J connectivity index is 0.00000147. The van der Waals surface area contributed by atoms with Crippen molar-refractivity contribution in [3.63, 3.8) is 0 Å². The third-order valence-electron chi connectivity index (χ3n) is 4.43. The molecule has 0 saturated carbocycles. The van der Waals surface area contributed by atoms with Crippen molar-refractivity contribution in [3.05, 3.63) is 23.8 Å². The number of hydrogen-bond acceptors (Lipinski definition) is 3. The molecule has 0 aromatic heterocycles. The summed E-state index contributed by atoms with van der Waals surface area (Å²) in [6.45, 7) is 5.46. The molecular formula is C16H24ClNO2. The number of benzene rings is 1. The Morgan fingerprint density at radius 2 is 2.25 bits per heavy atom. The molecule has 20 heavy (non-hydrogen) atoms. The van der Waals surface area contributed by atoms with E-state index in [9.17, 15) is 0 Å². The highest BCUT2D eigenvalue weighted by atomic mass is 35.5. The molecular weight excluding hydrogens is 274 g/mol. The predicted octanol–water partition coefficient (Wildman–Crippen LogP) is 3.47. The Morgan fingerprint density at radius 1 is 1.40 bits per heavy atom. The summed E-state index contributed by atoms with van der Waals surface area (Å²) in [6.07, 6.45) is 3.78. The molecule has 0 aliphatic carbocycles. The van der Waals surface area contributed by atoms with E-state index in [0.29, 0.717) is 12.0 Å². The summed E-state index contributed by atoms with van der Waals surface area (Å²) in [4.78, 5) is 2.61. The van der Waals surface area contributed by atoms with Crippen LogP contribution in [0.15, 0.2) is 18.2 Å². The molecule has 4 heteroatoms. The lowest BCUT2D eigenvalue weighted by Gasteiger charge is -2.44. The van der Waals surface area contributed by atoms with E-state index in [1.54, 1.807) is 7.11 Å². The quantitative estimate of drug-likeness (QED) is 0.853. The Labute approximate surface area is 127 Å². The third kappa shape index (κ3) is 2.61. The van der Waals surface area contributed by atoms with Crippen LogP contribution in [0.25, 0.3) is 0 Å². The first-order valence-corrected chi connectivity index (χ1v) is 7.39. The summed E-state index contributed by atoms with van der Waals surface area (Å²) >= 11 is 0. The fraction of sp³-hybridized carbons (Fsp3) is 0.625. The average Bonchev–Trinajstić information content (AvgIpc) is 2.47. The van der Waals surface area contributed by atoms with E-state index in [4.69, 9.17) is 9.47 Å². The number of nitrogens with zero attached hydrogens (tertiary/aromatic N) is 1. The monoisotopic (exact) mass is 297 g/mol. The van der Waals surface area contributed by atoms with Crippen LogP contribution in [0.4, 0.5) is 0 Å². The number of halogens is 1. The molecule has 2 atom stereocenters. The number of ether oxygens (including phenoxy) is 2. The van der Waals surface area contributed by atoms with E-state index in [2.05, 4.69) is 24.0 Å². The van der Waals surface area contributed by atoms with Gasteiger partial charge in [-0.3, -0.25) is 4.90 Å². The summed E-state index contributed by atoms with van der Waals surface area (Å²) in [5.41, 5.74) is 1.34. The van der Waals surface area contributed by atoms with Crippen LogP contribution in [0.1, 0.15) is 37.7 Å². The summed E-state index contributed by atoms with van der Waals surface area (Å²) in [5, 5.41) is 0. The fourth-order valence-electron chi connectivity index (χ4n) is 3.58. The van der Waals surface area contributed by atoms with Gasteiger partial charge in [0.15, 0.2) is 11.5 Å². The predicted molar refractivity (Wildman–Crippen MR) is 83.4 cm³/mol. The van der Waals surface area contributed by atoms with Gasteiger partial charge in [0, 0.05) is 11.5 Å². The second-order valence-corrected chi connectivity index (χ2v) is 5.54. The summed E-state index contributed by atoms with van der Waals surface area (Å²) in [7, 11) is 1.72. The molecule has 0 spiro atoms. The van der Waals surface area contributed by atoms with E-state index < -0.39 is 0 Å². The Bertz CT molecular complexity index is 450. The standard InChI is InChI=1S/C16H23NO2.ClH/c1-3-9-17-10-5-7-12-13-6-4-8-15(18-2)16(13)19-11-14(12)17;/h4,6,8,12,14H,3,5,7,9-11H2,1-2H3;1H/t12-,14-;/m1./s1. The fourth-order valence-corrected chi connectivity index (χ4v) is 3.58. The zero-order chi connectivity index (χ0) is 13.2. The molecule has 0 bridgehead atoms. The van der Waals surface area contributed by atoms with E-state index >= 15 is 0 Å². The van der Waals surface area contributed by atoms with Gasteiger partial charge in [-0.25, -0.2) is 0 Å². The van der Waals surface area contributed by atoms with E-state index in [0.717, 1.165) is 18.1 Å². The largest absolute Gasteiger partial charge is 0.493 e.